The maximum absolute atomic E-state index is 11.9. The van der Waals surface area contributed by atoms with E-state index in [1.807, 2.05) is 0 Å². The predicted octanol–water partition coefficient (Wildman–Crippen LogP) is 1.82. The molecule has 2 amide bonds. The normalized spacial score (nSPS) is 21.6. The number of rotatable bonds is 18. The third kappa shape index (κ3) is 12.8. The van der Waals surface area contributed by atoms with Crippen molar-refractivity contribution in [1.29, 1.82) is 0 Å². The molecule has 2 saturated carbocycles. The smallest absolute Gasteiger partial charge is 0.407 e. The minimum absolute atomic E-state index is 0.121. The number of amides is 2. The van der Waals surface area contributed by atoms with Crippen LogP contribution in [-0.2, 0) is 38.0 Å². The number of esters is 2. The zero-order valence-corrected chi connectivity index (χ0v) is 21.6. The molecule has 0 radical (unpaired) electrons. The molecule has 37 heavy (non-hydrogen) atoms. The molecule has 0 saturated heterocycles. The number of nitrogens with one attached hydrogen (secondary N) is 2. The Morgan fingerprint density at radius 1 is 0.730 bits per heavy atom. The fourth-order valence-electron chi connectivity index (χ4n) is 4.89. The van der Waals surface area contributed by atoms with Gasteiger partial charge in [-0.25, -0.2) is 14.4 Å². The fraction of sp³-hybridized carbons (Fsp3) is 0.760. The molecule has 0 heterocycles. The number of hydrogen-bond donors (Lipinski definition) is 2. The van der Waals surface area contributed by atoms with Crippen molar-refractivity contribution in [2.75, 3.05) is 65.9 Å². The Hall–Kier alpha value is -2.86. The Bertz CT molecular complexity index is 747. The third-order valence-electron chi connectivity index (χ3n) is 6.54. The highest BCUT2D eigenvalue weighted by Crippen LogP contribution is 2.52. The summed E-state index contributed by atoms with van der Waals surface area (Å²) in [5, 5.41) is 5.63. The van der Waals surface area contributed by atoms with E-state index in [1.54, 1.807) is 0 Å². The van der Waals surface area contributed by atoms with Gasteiger partial charge in [0.05, 0.1) is 26.4 Å². The maximum atomic E-state index is 11.9. The fourth-order valence-corrected chi connectivity index (χ4v) is 4.89. The highest BCUT2D eigenvalue weighted by atomic mass is 16.6. The summed E-state index contributed by atoms with van der Waals surface area (Å²) >= 11 is 0. The number of ether oxygens (including phenoxy) is 6. The summed E-state index contributed by atoms with van der Waals surface area (Å²) in [4.78, 5) is 45.2. The Morgan fingerprint density at radius 3 is 1.84 bits per heavy atom. The van der Waals surface area contributed by atoms with Gasteiger partial charge in [-0.05, 0) is 49.4 Å². The molecule has 2 N–H and O–H groups in total. The van der Waals surface area contributed by atoms with E-state index in [1.165, 1.54) is 6.92 Å². The molecule has 2 aliphatic rings. The average molecular weight is 529 g/mol. The van der Waals surface area contributed by atoms with Gasteiger partial charge in [0.15, 0.2) is 0 Å². The van der Waals surface area contributed by atoms with Crippen LogP contribution in [0.15, 0.2) is 12.7 Å². The SMILES string of the molecule is C=CC(=O)OCCOCCOC(=O)NCCC1CC2CC1CC2CNC(=O)OCCOCCOC(C)=O. The topological polar surface area (TPSA) is 148 Å². The Labute approximate surface area is 217 Å². The highest BCUT2D eigenvalue weighted by Gasteiger charge is 2.45. The largest absolute Gasteiger partial charge is 0.463 e. The van der Waals surface area contributed by atoms with Crippen molar-refractivity contribution in [2.45, 2.75) is 32.6 Å². The standard InChI is InChI=1S/C25H40N2O10/c1-3-23(29)35-11-7-33-8-12-36-24(30)26-5-4-19-14-21-15-20(19)16-22(21)17-27-25(31)37-13-9-32-6-10-34-18(2)28/h3,19-22H,1,4-17H2,2H3,(H,26,30)(H,27,31). The van der Waals surface area contributed by atoms with Gasteiger partial charge in [-0.15, -0.1) is 0 Å². The van der Waals surface area contributed by atoms with Crippen molar-refractivity contribution in [3.63, 3.8) is 0 Å². The lowest BCUT2D eigenvalue weighted by atomic mass is 9.80. The molecule has 12 nitrogen and oxygen atoms in total. The Morgan fingerprint density at radius 2 is 1.27 bits per heavy atom. The van der Waals surface area contributed by atoms with E-state index in [4.69, 9.17) is 28.4 Å². The molecule has 2 aliphatic carbocycles. The summed E-state index contributed by atoms with van der Waals surface area (Å²) in [6.45, 7) is 7.31. The van der Waals surface area contributed by atoms with Crippen LogP contribution in [0, 0.1) is 23.7 Å². The van der Waals surface area contributed by atoms with E-state index in [0.717, 1.165) is 31.8 Å². The number of fused-ring (bicyclic) bond motifs is 2. The second-order valence-corrected chi connectivity index (χ2v) is 9.05. The zero-order chi connectivity index (χ0) is 26.9. The van der Waals surface area contributed by atoms with Gasteiger partial charge in [-0.3, -0.25) is 4.79 Å². The molecule has 0 aromatic heterocycles. The quantitative estimate of drug-likeness (QED) is 0.117. The van der Waals surface area contributed by atoms with Gasteiger partial charge < -0.3 is 39.1 Å². The Balaban J connectivity index is 1.43. The van der Waals surface area contributed by atoms with Gasteiger partial charge in [-0.1, -0.05) is 6.58 Å². The maximum Gasteiger partial charge on any atom is 0.407 e. The molecule has 0 aromatic carbocycles. The minimum atomic E-state index is -0.504. The van der Waals surface area contributed by atoms with Crippen LogP contribution in [0.5, 0.6) is 0 Å². The lowest BCUT2D eigenvalue weighted by molar-refractivity contribution is -0.142. The summed E-state index contributed by atoms with van der Waals surface area (Å²) in [6.07, 6.45) is 4.39. The van der Waals surface area contributed by atoms with Crippen LogP contribution >= 0.6 is 0 Å². The molecule has 4 atom stereocenters. The molecule has 2 rings (SSSR count). The number of hydrogen-bond acceptors (Lipinski definition) is 10. The molecule has 0 aliphatic heterocycles. The van der Waals surface area contributed by atoms with Gasteiger partial charge >= 0.3 is 24.1 Å². The number of carbonyl (C=O) groups is 4. The monoisotopic (exact) mass is 528 g/mol. The molecule has 2 fully saturated rings. The summed E-state index contributed by atoms with van der Waals surface area (Å²) in [5.74, 6) is 1.35. The third-order valence-corrected chi connectivity index (χ3v) is 6.54. The van der Waals surface area contributed by atoms with E-state index < -0.39 is 18.2 Å². The van der Waals surface area contributed by atoms with Crippen molar-refractivity contribution in [3.05, 3.63) is 12.7 Å². The van der Waals surface area contributed by atoms with Crippen LogP contribution in [0.1, 0.15) is 32.6 Å². The van der Waals surface area contributed by atoms with Gasteiger partial charge in [0, 0.05) is 26.1 Å². The van der Waals surface area contributed by atoms with Crippen molar-refractivity contribution < 1.29 is 47.6 Å². The van der Waals surface area contributed by atoms with Crippen molar-refractivity contribution in [1.82, 2.24) is 10.6 Å². The molecule has 4 unspecified atom stereocenters. The van der Waals surface area contributed by atoms with E-state index in [9.17, 15) is 19.2 Å². The summed E-state index contributed by atoms with van der Waals surface area (Å²) in [7, 11) is 0. The molecule has 210 valence electrons. The first-order valence-electron chi connectivity index (χ1n) is 12.8. The van der Waals surface area contributed by atoms with Crippen LogP contribution in [-0.4, -0.2) is 90.1 Å². The number of carbonyl (C=O) groups excluding carboxylic acids is 4. The lowest BCUT2D eigenvalue weighted by Crippen LogP contribution is -2.34. The first kappa shape index (κ1) is 30.4. The van der Waals surface area contributed by atoms with Crippen molar-refractivity contribution in [2.24, 2.45) is 23.7 Å². The van der Waals surface area contributed by atoms with E-state index in [0.29, 0.717) is 36.8 Å². The van der Waals surface area contributed by atoms with Gasteiger partial charge in [0.25, 0.3) is 0 Å². The van der Waals surface area contributed by atoms with Gasteiger partial charge in [0.1, 0.15) is 26.4 Å². The molecule has 0 aromatic rings. The molecule has 12 heteroatoms. The zero-order valence-electron chi connectivity index (χ0n) is 21.6. The first-order valence-corrected chi connectivity index (χ1v) is 12.8. The van der Waals surface area contributed by atoms with Crippen molar-refractivity contribution >= 4 is 24.1 Å². The molecular formula is C25H40N2O10. The summed E-state index contributed by atoms with van der Waals surface area (Å²) < 4.78 is 30.1. The van der Waals surface area contributed by atoms with Crippen LogP contribution in [0.3, 0.4) is 0 Å². The molecular weight excluding hydrogens is 488 g/mol. The first-order chi connectivity index (χ1) is 17.9. The van der Waals surface area contributed by atoms with Crippen LogP contribution in [0.4, 0.5) is 9.59 Å². The van der Waals surface area contributed by atoms with E-state index in [-0.39, 0.29) is 58.8 Å². The molecule has 2 bridgehead atoms. The molecule has 0 spiro atoms. The minimum Gasteiger partial charge on any atom is -0.463 e. The highest BCUT2D eigenvalue weighted by molar-refractivity contribution is 5.81. The van der Waals surface area contributed by atoms with E-state index >= 15 is 0 Å². The van der Waals surface area contributed by atoms with Gasteiger partial charge in [0.2, 0.25) is 0 Å². The second-order valence-electron chi connectivity index (χ2n) is 9.05. The number of alkyl carbamates (subject to hydrolysis) is 2. The Kier molecular flexibility index (Phi) is 14.4. The van der Waals surface area contributed by atoms with E-state index in [2.05, 4.69) is 17.2 Å². The van der Waals surface area contributed by atoms with Crippen LogP contribution < -0.4 is 10.6 Å². The summed E-state index contributed by atoms with van der Waals surface area (Å²) in [6, 6.07) is 0. The van der Waals surface area contributed by atoms with Crippen molar-refractivity contribution in [3.8, 4) is 0 Å². The van der Waals surface area contributed by atoms with Crippen LogP contribution in [0.25, 0.3) is 0 Å². The second kappa shape index (κ2) is 17.6. The average Bonchev–Trinajstić information content (AvgIpc) is 3.46. The van der Waals surface area contributed by atoms with Crippen LogP contribution in [0.2, 0.25) is 0 Å². The predicted molar refractivity (Wildman–Crippen MR) is 131 cm³/mol. The van der Waals surface area contributed by atoms with Gasteiger partial charge in [-0.2, -0.15) is 0 Å². The summed E-state index contributed by atoms with van der Waals surface area (Å²) in [5.41, 5.74) is 0. The lowest BCUT2D eigenvalue weighted by Gasteiger charge is -2.28.